The first-order valence-corrected chi connectivity index (χ1v) is 11.4. The first-order chi connectivity index (χ1) is 16.4. The molecule has 1 aromatic heterocycles. The lowest BCUT2D eigenvalue weighted by molar-refractivity contribution is -0.147. The molecule has 2 aromatic carbocycles. The minimum atomic E-state index is -0.912. The minimum Gasteiger partial charge on any atom is -0.478 e. The summed E-state index contributed by atoms with van der Waals surface area (Å²) < 4.78 is 19.0. The van der Waals surface area contributed by atoms with Crippen molar-refractivity contribution in [3.8, 4) is 5.75 Å². The summed E-state index contributed by atoms with van der Waals surface area (Å²) in [5.74, 6) is -0.240. The topological polar surface area (TPSA) is 82.9 Å². The number of nitrogens with zero attached hydrogens (tertiary/aromatic N) is 3. The van der Waals surface area contributed by atoms with E-state index in [1.807, 2.05) is 47.2 Å². The van der Waals surface area contributed by atoms with Crippen molar-refractivity contribution in [1.29, 1.82) is 0 Å². The smallest absolute Gasteiger partial charge is 0.310 e. The number of carbonyl (C=O) groups is 2. The van der Waals surface area contributed by atoms with Crippen LogP contribution in [0, 0.1) is 0 Å². The number of aromatic nitrogens is 2. The fourth-order valence-electron chi connectivity index (χ4n) is 3.75. The predicted octanol–water partition coefficient (Wildman–Crippen LogP) is 4.17. The fourth-order valence-corrected chi connectivity index (χ4v) is 3.88. The highest BCUT2D eigenvalue weighted by molar-refractivity contribution is 6.30. The summed E-state index contributed by atoms with van der Waals surface area (Å²) in [6.07, 6.45) is 3.96. The van der Waals surface area contributed by atoms with Gasteiger partial charge in [0.25, 0.3) is 5.91 Å². The van der Waals surface area contributed by atoms with Crippen LogP contribution in [0.1, 0.15) is 30.6 Å². The molecule has 0 saturated carbocycles. The van der Waals surface area contributed by atoms with Crippen molar-refractivity contribution in [3.63, 3.8) is 0 Å². The number of likely N-dealkylation sites (N-methyl/N-ethyl adjacent to an activating group) is 1. The number of amides is 1. The Bertz CT molecular complexity index is 1130. The van der Waals surface area contributed by atoms with Gasteiger partial charge in [-0.05, 0) is 42.3 Å². The molecule has 1 aliphatic rings. The number of rotatable bonds is 9. The second-order valence-electron chi connectivity index (χ2n) is 7.93. The zero-order valence-corrected chi connectivity index (χ0v) is 19.8. The maximum absolute atomic E-state index is 12.8. The van der Waals surface area contributed by atoms with E-state index in [0.717, 1.165) is 11.1 Å². The van der Waals surface area contributed by atoms with Crippen LogP contribution in [0.4, 0.5) is 5.69 Å². The van der Waals surface area contributed by atoms with Crippen LogP contribution in [0.2, 0.25) is 5.02 Å². The van der Waals surface area contributed by atoms with E-state index in [-0.39, 0.29) is 25.0 Å². The number of ether oxygens (including phenoxy) is 3. The first kappa shape index (κ1) is 23.8. The molecule has 1 aliphatic heterocycles. The first-order valence-electron chi connectivity index (χ1n) is 11.0. The molecule has 2 atom stereocenters. The number of esters is 1. The summed E-state index contributed by atoms with van der Waals surface area (Å²) in [6.45, 7) is 2.90. The van der Waals surface area contributed by atoms with Crippen molar-refractivity contribution >= 4 is 29.2 Å². The molecule has 0 fully saturated rings. The monoisotopic (exact) mass is 483 g/mol. The molecule has 0 radical (unpaired) electrons. The number of hydrogen-bond donors (Lipinski definition) is 0. The van der Waals surface area contributed by atoms with E-state index in [9.17, 15) is 9.59 Å². The third-order valence-corrected chi connectivity index (χ3v) is 5.80. The Morgan fingerprint density at radius 2 is 2.03 bits per heavy atom. The van der Waals surface area contributed by atoms with Crippen molar-refractivity contribution in [1.82, 2.24) is 9.55 Å². The van der Waals surface area contributed by atoms with E-state index in [4.69, 9.17) is 25.8 Å². The van der Waals surface area contributed by atoms with Crippen molar-refractivity contribution < 1.29 is 23.8 Å². The van der Waals surface area contributed by atoms with Crippen LogP contribution in [0.3, 0.4) is 0 Å². The molecule has 178 valence electrons. The molecule has 3 aromatic rings. The molecule has 1 amide bonds. The van der Waals surface area contributed by atoms with Gasteiger partial charge in [-0.3, -0.25) is 9.59 Å². The molecule has 8 nitrogen and oxygen atoms in total. The van der Waals surface area contributed by atoms with E-state index >= 15 is 0 Å². The van der Waals surface area contributed by atoms with E-state index in [0.29, 0.717) is 29.6 Å². The Morgan fingerprint density at radius 1 is 1.24 bits per heavy atom. The lowest BCUT2D eigenvalue weighted by atomic mass is 10.0. The summed E-state index contributed by atoms with van der Waals surface area (Å²) >= 11 is 5.99. The molecule has 0 saturated heterocycles. The Morgan fingerprint density at radius 3 is 2.74 bits per heavy atom. The number of fused-ring (bicyclic) bond motifs is 1. The molecule has 0 aliphatic carbocycles. The van der Waals surface area contributed by atoms with Gasteiger partial charge in [0, 0.05) is 24.5 Å². The van der Waals surface area contributed by atoms with Gasteiger partial charge in [0.05, 0.1) is 38.2 Å². The number of carbonyl (C=O) groups excluding carboxylic acids is 2. The van der Waals surface area contributed by atoms with Crippen molar-refractivity contribution in [3.05, 3.63) is 77.3 Å². The molecule has 0 bridgehead atoms. The van der Waals surface area contributed by atoms with E-state index in [1.54, 1.807) is 32.6 Å². The van der Waals surface area contributed by atoms with Crippen molar-refractivity contribution in [2.45, 2.75) is 38.7 Å². The highest BCUT2D eigenvalue weighted by Crippen LogP contribution is 2.37. The largest absolute Gasteiger partial charge is 0.478 e. The average molecular weight is 484 g/mol. The molecule has 4 rings (SSSR count). The van der Waals surface area contributed by atoms with Gasteiger partial charge in [-0.1, -0.05) is 29.8 Å². The highest BCUT2D eigenvalue weighted by atomic mass is 35.5. The molecule has 2 unspecified atom stereocenters. The Hall–Kier alpha value is -3.36. The third kappa shape index (κ3) is 5.58. The van der Waals surface area contributed by atoms with Crippen LogP contribution in [0.15, 0.2) is 61.2 Å². The van der Waals surface area contributed by atoms with Gasteiger partial charge in [-0.15, -0.1) is 0 Å². The molecule has 0 N–H and O–H groups in total. The van der Waals surface area contributed by atoms with E-state index in [1.165, 1.54) is 4.90 Å². The van der Waals surface area contributed by atoms with E-state index in [2.05, 4.69) is 4.98 Å². The zero-order chi connectivity index (χ0) is 24.1. The highest BCUT2D eigenvalue weighted by Gasteiger charge is 2.34. The summed E-state index contributed by atoms with van der Waals surface area (Å²) in [4.78, 5) is 30.3. The second-order valence-corrected chi connectivity index (χ2v) is 8.36. The molecular weight excluding hydrogens is 458 g/mol. The summed E-state index contributed by atoms with van der Waals surface area (Å²) in [7, 11) is 1.67. The maximum Gasteiger partial charge on any atom is 0.310 e. The quantitative estimate of drug-likeness (QED) is 0.425. The molecule has 34 heavy (non-hydrogen) atoms. The Labute approximate surface area is 203 Å². The molecule has 9 heteroatoms. The molecular formula is C25H26ClN3O5. The van der Waals surface area contributed by atoms with Gasteiger partial charge in [0.15, 0.2) is 6.10 Å². The van der Waals surface area contributed by atoms with Crippen LogP contribution in [-0.2, 0) is 32.2 Å². The number of imidazole rings is 1. The molecule has 0 spiro atoms. The zero-order valence-electron chi connectivity index (χ0n) is 19.0. The van der Waals surface area contributed by atoms with Crippen LogP contribution in [-0.4, -0.2) is 41.2 Å². The van der Waals surface area contributed by atoms with E-state index < -0.39 is 12.1 Å². The predicted molar refractivity (Wildman–Crippen MR) is 127 cm³/mol. The standard InChI is InChI=1S/C25H26ClN3O5/c1-3-32-24(30)13-22-25(31)28(2)20-12-18(6-9-21(20)34-22)23(14-29-11-10-27-16-29)33-15-17-4-7-19(26)8-5-17/h4-12,16,22-23H,3,13-15H2,1-2H3. The van der Waals surface area contributed by atoms with Gasteiger partial charge in [-0.2, -0.15) is 0 Å². The summed E-state index contributed by atoms with van der Waals surface area (Å²) in [6, 6.07) is 13.1. The Kier molecular flexibility index (Phi) is 7.49. The maximum atomic E-state index is 12.8. The van der Waals surface area contributed by atoms with Crippen LogP contribution in [0.5, 0.6) is 5.75 Å². The number of benzene rings is 2. The van der Waals surface area contributed by atoms with Gasteiger partial charge >= 0.3 is 5.97 Å². The normalized spacial score (nSPS) is 16.0. The van der Waals surface area contributed by atoms with Crippen LogP contribution >= 0.6 is 11.6 Å². The van der Waals surface area contributed by atoms with Crippen molar-refractivity contribution in [2.75, 3.05) is 18.6 Å². The van der Waals surface area contributed by atoms with Gasteiger partial charge in [0.2, 0.25) is 0 Å². The number of hydrogen-bond acceptors (Lipinski definition) is 6. The van der Waals surface area contributed by atoms with Gasteiger partial charge < -0.3 is 23.7 Å². The number of halogens is 1. The minimum absolute atomic E-state index is 0.133. The van der Waals surface area contributed by atoms with Gasteiger partial charge in [-0.25, -0.2) is 4.98 Å². The lowest BCUT2D eigenvalue weighted by Gasteiger charge is -2.32. The van der Waals surface area contributed by atoms with Crippen LogP contribution < -0.4 is 9.64 Å². The summed E-state index contributed by atoms with van der Waals surface area (Å²) in [5.41, 5.74) is 2.50. The average Bonchev–Trinajstić information content (AvgIpc) is 3.34. The van der Waals surface area contributed by atoms with Crippen molar-refractivity contribution in [2.24, 2.45) is 0 Å². The van der Waals surface area contributed by atoms with Gasteiger partial charge in [0.1, 0.15) is 11.9 Å². The fraction of sp³-hybridized carbons (Fsp3) is 0.320. The summed E-state index contributed by atoms with van der Waals surface area (Å²) in [5, 5.41) is 0.669. The molecule has 2 heterocycles. The van der Waals surface area contributed by atoms with Crippen LogP contribution in [0.25, 0.3) is 0 Å². The second kappa shape index (κ2) is 10.7. The third-order valence-electron chi connectivity index (χ3n) is 5.55. The lowest BCUT2D eigenvalue weighted by Crippen LogP contribution is -2.45. The number of anilines is 1. The Balaban J connectivity index is 1.55. The SMILES string of the molecule is CCOC(=O)CC1Oc2ccc(C(Cn3ccnc3)OCc3ccc(Cl)cc3)cc2N(C)C1=O.